The van der Waals surface area contributed by atoms with E-state index in [0.29, 0.717) is 43.6 Å². The molecule has 132 valence electrons. The van der Waals surface area contributed by atoms with Gasteiger partial charge >= 0.3 is 0 Å². The summed E-state index contributed by atoms with van der Waals surface area (Å²) in [6.07, 6.45) is -0.526. The van der Waals surface area contributed by atoms with Gasteiger partial charge in [0.15, 0.2) is 17.6 Å². The standard InChI is InChI=1S/C19H21NO5/c1-22-16-4-2-3-5-17(16)25-15-8-6-14(7-9-15)12-20-19(21)18-13-23-10-11-24-18/h2-9,18H,10-13H2,1H3,(H,20,21). The van der Waals surface area contributed by atoms with Crippen LogP contribution in [0.2, 0.25) is 0 Å². The van der Waals surface area contributed by atoms with Crippen molar-refractivity contribution in [1.29, 1.82) is 0 Å². The minimum Gasteiger partial charge on any atom is -0.493 e. The fourth-order valence-electron chi connectivity index (χ4n) is 2.45. The molecule has 1 N–H and O–H groups in total. The third-order valence-corrected chi connectivity index (χ3v) is 3.80. The summed E-state index contributed by atoms with van der Waals surface area (Å²) in [5.41, 5.74) is 0.970. The minimum absolute atomic E-state index is 0.158. The Balaban J connectivity index is 1.54. The molecule has 3 rings (SSSR count). The number of benzene rings is 2. The van der Waals surface area contributed by atoms with Gasteiger partial charge in [0, 0.05) is 6.54 Å². The number of carbonyl (C=O) groups excluding carboxylic acids is 1. The second-order valence-electron chi connectivity index (χ2n) is 5.55. The summed E-state index contributed by atoms with van der Waals surface area (Å²) in [6, 6.07) is 15.0. The molecule has 1 heterocycles. The van der Waals surface area contributed by atoms with Crippen LogP contribution in [0.3, 0.4) is 0 Å². The van der Waals surface area contributed by atoms with Crippen LogP contribution in [0.1, 0.15) is 5.56 Å². The first kappa shape index (κ1) is 17.3. The zero-order chi connectivity index (χ0) is 17.5. The van der Waals surface area contributed by atoms with Gasteiger partial charge in [0.25, 0.3) is 5.91 Å². The Morgan fingerprint density at radius 3 is 2.56 bits per heavy atom. The monoisotopic (exact) mass is 343 g/mol. The van der Waals surface area contributed by atoms with Crippen molar-refractivity contribution in [2.45, 2.75) is 12.6 Å². The normalized spacial score (nSPS) is 16.9. The molecule has 2 aromatic rings. The lowest BCUT2D eigenvalue weighted by Gasteiger charge is -2.22. The summed E-state index contributed by atoms with van der Waals surface area (Å²) in [4.78, 5) is 12.0. The average molecular weight is 343 g/mol. The number of nitrogens with one attached hydrogen (secondary N) is 1. The number of rotatable bonds is 6. The number of carbonyl (C=O) groups is 1. The highest BCUT2D eigenvalue weighted by atomic mass is 16.6. The zero-order valence-corrected chi connectivity index (χ0v) is 14.1. The van der Waals surface area contributed by atoms with Crippen LogP contribution >= 0.6 is 0 Å². The van der Waals surface area contributed by atoms with Gasteiger partial charge in [0.1, 0.15) is 5.75 Å². The summed E-state index contributed by atoms with van der Waals surface area (Å²) < 4.78 is 21.7. The maximum Gasteiger partial charge on any atom is 0.251 e. The van der Waals surface area contributed by atoms with Crippen LogP contribution in [0, 0.1) is 0 Å². The average Bonchev–Trinajstić information content (AvgIpc) is 2.68. The molecular weight excluding hydrogens is 322 g/mol. The summed E-state index contributed by atoms with van der Waals surface area (Å²) in [5, 5.41) is 2.85. The molecule has 1 saturated heterocycles. The van der Waals surface area contributed by atoms with E-state index >= 15 is 0 Å². The van der Waals surface area contributed by atoms with Gasteiger partial charge in [0.2, 0.25) is 0 Å². The van der Waals surface area contributed by atoms with Crippen molar-refractivity contribution in [1.82, 2.24) is 5.32 Å². The van der Waals surface area contributed by atoms with Crippen LogP contribution < -0.4 is 14.8 Å². The van der Waals surface area contributed by atoms with Crippen LogP contribution in [-0.2, 0) is 20.8 Å². The summed E-state index contributed by atoms with van der Waals surface area (Å²) in [5.74, 6) is 1.87. The summed E-state index contributed by atoms with van der Waals surface area (Å²) in [6.45, 7) is 1.72. The van der Waals surface area contributed by atoms with Crippen LogP contribution in [-0.4, -0.2) is 38.9 Å². The number of ether oxygens (including phenoxy) is 4. The minimum atomic E-state index is -0.526. The highest BCUT2D eigenvalue weighted by Gasteiger charge is 2.22. The molecule has 0 radical (unpaired) electrons. The molecule has 0 bridgehead atoms. The van der Waals surface area contributed by atoms with Gasteiger partial charge < -0.3 is 24.3 Å². The van der Waals surface area contributed by atoms with E-state index in [4.69, 9.17) is 18.9 Å². The second kappa shape index (κ2) is 8.50. The highest BCUT2D eigenvalue weighted by Crippen LogP contribution is 2.30. The number of para-hydroxylation sites is 2. The number of amides is 1. The molecule has 2 aromatic carbocycles. The molecule has 1 amide bonds. The molecule has 25 heavy (non-hydrogen) atoms. The lowest BCUT2D eigenvalue weighted by Crippen LogP contribution is -2.42. The van der Waals surface area contributed by atoms with Gasteiger partial charge in [-0.3, -0.25) is 4.79 Å². The number of hydrogen-bond donors (Lipinski definition) is 1. The smallest absolute Gasteiger partial charge is 0.251 e. The fourth-order valence-corrected chi connectivity index (χ4v) is 2.45. The van der Waals surface area contributed by atoms with Crippen molar-refractivity contribution < 1.29 is 23.7 Å². The molecule has 1 aliphatic heterocycles. The topological polar surface area (TPSA) is 66.0 Å². The van der Waals surface area contributed by atoms with Crippen LogP contribution in [0.25, 0.3) is 0 Å². The number of hydrogen-bond acceptors (Lipinski definition) is 5. The molecule has 1 aliphatic rings. The Labute approximate surface area is 146 Å². The molecule has 6 heteroatoms. The van der Waals surface area contributed by atoms with Crippen molar-refractivity contribution >= 4 is 5.91 Å². The summed E-state index contributed by atoms with van der Waals surface area (Å²) in [7, 11) is 1.61. The third-order valence-electron chi connectivity index (χ3n) is 3.80. The SMILES string of the molecule is COc1ccccc1Oc1ccc(CNC(=O)C2COCCO2)cc1. The van der Waals surface area contributed by atoms with Gasteiger partial charge in [-0.2, -0.15) is 0 Å². The molecule has 1 fully saturated rings. The van der Waals surface area contributed by atoms with E-state index in [0.717, 1.165) is 5.56 Å². The van der Waals surface area contributed by atoms with Crippen molar-refractivity contribution in [2.24, 2.45) is 0 Å². The Morgan fingerprint density at radius 2 is 1.88 bits per heavy atom. The molecule has 6 nitrogen and oxygen atoms in total. The van der Waals surface area contributed by atoms with Crippen molar-refractivity contribution in [3.63, 3.8) is 0 Å². The highest BCUT2D eigenvalue weighted by molar-refractivity contribution is 5.80. The van der Waals surface area contributed by atoms with Crippen LogP contribution in [0.5, 0.6) is 17.2 Å². The Kier molecular flexibility index (Phi) is 5.87. The van der Waals surface area contributed by atoms with Crippen molar-refractivity contribution in [2.75, 3.05) is 26.9 Å². The Morgan fingerprint density at radius 1 is 1.12 bits per heavy atom. The van der Waals surface area contributed by atoms with Crippen molar-refractivity contribution in [3.8, 4) is 17.2 Å². The van der Waals surface area contributed by atoms with Crippen LogP contribution in [0.4, 0.5) is 0 Å². The van der Waals surface area contributed by atoms with E-state index in [2.05, 4.69) is 5.32 Å². The lowest BCUT2D eigenvalue weighted by molar-refractivity contribution is -0.147. The lowest BCUT2D eigenvalue weighted by atomic mass is 10.2. The van der Waals surface area contributed by atoms with E-state index in [1.54, 1.807) is 7.11 Å². The molecule has 0 saturated carbocycles. The zero-order valence-electron chi connectivity index (χ0n) is 14.1. The van der Waals surface area contributed by atoms with Crippen LogP contribution in [0.15, 0.2) is 48.5 Å². The summed E-state index contributed by atoms with van der Waals surface area (Å²) >= 11 is 0. The fraction of sp³-hybridized carbons (Fsp3) is 0.316. The Bertz CT molecular complexity index is 695. The van der Waals surface area contributed by atoms with Gasteiger partial charge in [0.05, 0.1) is 26.9 Å². The van der Waals surface area contributed by atoms with Gasteiger partial charge in [-0.05, 0) is 29.8 Å². The predicted octanol–water partition coefficient (Wildman–Crippen LogP) is 2.52. The first-order chi connectivity index (χ1) is 12.3. The first-order valence-corrected chi connectivity index (χ1v) is 8.13. The maximum absolute atomic E-state index is 12.0. The van der Waals surface area contributed by atoms with Gasteiger partial charge in [-0.15, -0.1) is 0 Å². The van der Waals surface area contributed by atoms with E-state index in [1.165, 1.54) is 0 Å². The van der Waals surface area contributed by atoms with E-state index < -0.39 is 6.10 Å². The predicted molar refractivity (Wildman–Crippen MR) is 91.9 cm³/mol. The van der Waals surface area contributed by atoms with E-state index in [9.17, 15) is 4.79 Å². The maximum atomic E-state index is 12.0. The molecule has 1 unspecified atom stereocenters. The number of methoxy groups -OCH3 is 1. The first-order valence-electron chi connectivity index (χ1n) is 8.13. The third kappa shape index (κ3) is 4.71. The quantitative estimate of drug-likeness (QED) is 0.873. The van der Waals surface area contributed by atoms with E-state index in [-0.39, 0.29) is 5.91 Å². The molecule has 1 atom stereocenters. The van der Waals surface area contributed by atoms with Crippen molar-refractivity contribution in [3.05, 3.63) is 54.1 Å². The molecule has 0 aromatic heterocycles. The second-order valence-corrected chi connectivity index (χ2v) is 5.55. The molecule has 0 spiro atoms. The Hall–Kier alpha value is -2.57. The largest absolute Gasteiger partial charge is 0.493 e. The van der Waals surface area contributed by atoms with Gasteiger partial charge in [-0.25, -0.2) is 0 Å². The molecular formula is C19H21NO5. The van der Waals surface area contributed by atoms with E-state index in [1.807, 2.05) is 48.5 Å². The van der Waals surface area contributed by atoms with Gasteiger partial charge in [-0.1, -0.05) is 24.3 Å². The molecule has 0 aliphatic carbocycles.